The minimum Gasteiger partial charge on any atom is -0.351 e. The maximum absolute atomic E-state index is 12.2. The molecule has 0 spiro atoms. The molecule has 1 unspecified atom stereocenters. The molecule has 21 heavy (non-hydrogen) atoms. The maximum atomic E-state index is 12.2. The summed E-state index contributed by atoms with van der Waals surface area (Å²) in [6.07, 6.45) is 1.86. The van der Waals surface area contributed by atoms with Gasteiger partial charge in [0.25, 0.3) is 5.91 Å². The number of hydrogen-bond acceptors (Lipinski definition) is 2. The Morgan fingerprint density at radius 3 is 2.86 bits per heavy atom. The van der Waals surface area contributed by atoms with Crippen LogP contribution >= 0.6 is 0 Å². The zero-order valence-electron chi connectivity index (χ0n) is 12.0. The highest BCUT2D eigenvalue weighted by molar-refractivity contribution is 5.94. The van der Waals surface area contributed by atoms with Gasteiger partial charge in [-0.05, 0) is 48.2 Å². The third-order valence-corrected chi connectivity index (χ3v) is 4.09. The molecule has 3 rings (SSSR count). The van der Waals surface area contributed by atoms with Crippen molar-refractivity contribution in [2.45, 2.75) is 18.8 Å². The highest BCUT2D eigenvalue weighted by Crippen LogP contribution is 2.33. The van der Waals surface area contributed by atoms with Crippen LogP contribution in [0.25, 0.3) is 0 Å². The average molecular weight is 280 g/mol. The summed E-state index contributed by atoms with van der Waals surface area (Å²) in [6, 6.07) is 16.1. The van der Waals surface area contributed by atoms with E-state index in [-0.39, 0.29) is 5.91 Å². The van der Waals surface area contributed by atoms with Crippen molar-refractivity contribution in [2.75, 3.05) is 13.1 Å². The van der Waals surface area contributed by atoms with Gasteiger partial charge in [-0.15, -0.1) is 0 Å². The predicted molar refractivity (Wildman–Crippen MR) is 84.4 cm³/mol. The van der Waals surface area contributed by atoms with Crippen molar-refractivity contribution in [1.29, 1.82) is 0 Å². The molecule has 0 bridgehead atoms. The lowest BCUT2D eigenvalue weighted by Crippen LogP contribution is -2.33. The van der Waals surface area contributed by atoms with Gasteiger partial charge in [0.15, 0.2) is 0 Å². The van der Waals surface area contributed by atoms with Gasteiger partial charge in [0, 0.05) is 18.0 Å². The molecule has 1 amide bonds. The van der Waals surface area contributed by atoms with Crippen molar-refractivity contribution in [3.63, 3.8) is 0 Å². The number of carbonyl (C=O) groups excluding carboxylic acids is 1. The Labute approximate surface area is 125 Å². The molecule has 3 heteroatoms. The molecule has 0 aromatic heterocycles. The van der Waals surface area contributed by atoms with E-state index in [1.165, 1.54) is 11.1 Å². The molecule has 108 valence electrons. The zero-order valence-corrected chi connectivity index (χ0v) is 12.0. The van der Waals surface area contributed by atoms with Crippen LogP contribution in [0.5, 0.6) is 0 Å². The predicted octanol–water partition coefficient (Wildman–Crippen LogP) is 2.26. The third kappa shape index (κ3) is 2.98. The van der Waals surface area contributed by atoms with E-state index < -0.39 is 0 Å². The minimum absolute atomic E-state index is 0.00162. The number of rotatable bonds is 5. The van der Waals surface area contributed by atoms with Gasteiger partial charge in [-0.2, -0.15) is 0 Å². The summed E-state index contributed by atoms with van der Waals surface area (Å²) < 4.78 is 0. The number of benzene rings is 2. The first-order chi connectivity index (χ1) is 10.3. The van der Waals surface area contributed by atoms with E-state index >= 15 is 0 Å². The summed E-state index contributed by atoms with van der Waals surface area (Å²) >= 11 is 0. The van der Waals surface area contributed by atoms with Crippen molar-refractivity contribution < 1.29 is 4.79 Å². The van der Waals surface area contributed by atoms with Crippen LogP contribution in [0, 0.1) is 0 Å². The van der Waals surface area contributed by atoms with Gasteiger partial charge in [0.1, 0.15) is 0 Å². The first kappa shape index (κ1) is 13.8. The van der Waals surface area contributed by atoms with E-state index in [0.29, 0.717) is 24.6 Å². The van der Waals surface area contributed by atoms with Crippen molar-refractivity contribution in [3.05, 3.63) is 70.8 Å². The van der Waals surface area contributed by atoms with Crippen molar-refractivity contribution in [3.8, 4) is 0 Å². The normalized spacial score (nSPS) is 16.0. The third-order valence-electron chi connectivity index (χ3n) is 4.09. The molecule has 2 aromatic carbocycles. The van der Waals surface area contributed by atoms with Crippen LogP contribution in [-0.2, 0) is 12.8 Å². The lowest BCUT2D eigenvalue weighted by atomic mass is 9.77. The van der Waals surface area contributed by atoms with Crippen LogP contribution in [0.3, 0.4) is 0 Å². The lowest BCUT2D eigenvalue weighted by molar-refractivity contribution is 0.0950. The fourth-order valence-corrected chi connectivity index (χ4v) is 2.90. The van der Waals surface area contributed by atoms with Gasteiger partial charge in [-0.25, -0.2) is 0 Å². The summed E-state index contributed by atoms with van der Waals surface area (Å²) in [4.78, 5) is 12.2. The number of hydrogen-bond donors (Lipinski definition) is 2. The standard InChI is InChI=1S/C18H20N2O/c19-9-8-13-4-3-6-15(10-13)18(21)20-12-16-11-14-5-1-2-7-17(14)16/h1-7,10,16H,8-9,11-12,19H2,(H,20,21). The topological polar surface area (TPSA) is 55.1 Å². The van der Waals surface area contributed by atoms with Gasteiger partial charge < -0.3 is 11.1 Å². The van der Waals surface area contributed by atoms with Crippen LogP contribution in [0.15, 0.2) is 48.5 Å². The van der Waals surface area contributed by atoms with E-state index in [0.717, 1.165) is 18.4 Å². The maximum Gasteiger partial charge on any atom is 0.251 e. The van der Waals surface area contributed by atoms with Gasteiger partial charge in [-0.3, -0.25) is 4.79 Å². The molecule has 3 N–H and O–H groups in total. The molecule has 0 heterocycles. The number of nitrogens with two attached hydrogens (primary N) is 1. The Kier molecular flexibility index (Phi) is 4.02. The number of nitrogens with one attached hydrogen (secondary N) is 1. The zero-order chi connectivity index (χ0) is 14.7. The SMILES string of the molecule is NCCc1cccc(C(=O)NCC2Cc3ccccc32)c1. The van der Waals surface area contributed by atoms with E-state index in [9.17, 15) is 4.79 Å². The second-order valence-electron chi connectivity index (χ2n) is 5.55. The Morgan fingerprint density at radius 1 is 1.19 bits per heavy atom. The summed E-state index contributed by atoms with van der Waals surface area (Å²) in [5.74, 6) is 0.454. The fraction of sp³-hybridized carbons (Fsp3) is 0.278. The Morgan fingerprint density at radius 2 is 2.05 bits per heavy atom. The van der Waals surface area contributed by atoms with E-state index in [1.807, 2.05) is 24.3 Å². The molecule has 1 aliphatic rings. The van der Waals surface area contributed by atoms with Gasteiger partial charge >= 0.3 is 0 Å². The quantitative estimate of drug-likeness (QED) is 0.882. The highest BCUT2D eigenvalue weighted by atomic mass is 16.1. The number of amides is 1. The number of carbonyl (C=O) groups is 1. The molecule has 0 saturated heterocycles. The van der Waals surface area contributed by atoms with Crippen LogP contribution in [0.1, 0.15) is 33.0 Å². The van der Waals surface area contributed by atoms with E-state index in [4.69, 9.17) is 5.73 Å². The van der Waals surface area contributed by atoms with Crippen molar-refractivity contribution >= 4 is 5.91 Å². The monoisotopic (exact) mass is 280 g/mol. The fourth-order valence-electron chi connectivity index (χ4n) is 2.90. The molecule has 0 saturated carbocycles. The lowest BCUT2D eigenvalue weighted by Gasteiger charge is -2.30. The molecular weight excluding hydrogens is 260 g/mol. The smallest absolute Gasteiger partial charge is 0.251 e. The Bertz CT molecular complexity index is 651. The molecule has 1 atom stereocenters. The first-order valence-electron chi connectivity index (χ1n) is 7.43. The van der Waals surface area contributed by atoms with Crippen molar-refractivity contribution in [1.82, 2.24) is 5.32 Å². The van der Waals surface area contributed by atoms with Crippen molar-refractivity contribution in [2.24, 2.45) is 5.73 Å². The van der Waals surface area contributed by atoms with E-state index in [1.54, 1.807) is 0 Å². The summed E-state index contributed by atoms with van der Waals surface area (Å²) in [5.41, 5.74) is 10.2. The molecule has 2 aromatic rings. The van der Waals surface area contributed by atoms with E-state index in [2.05, 4.69) is 29.6 Å². The van der Waals surface area contributed by atoms with Crippen LogP contribution in [0.2, 0.25) is 0 Å². The number of fused-ring (bicyclic) bond motifs is 1. The molecule has 0 radical (unpaired) electrons. The van der Waals surface area contributed by atoms with Crippen LogP contribution in [0.4, 0.5) is 0 Å². The first-order valence-corrected chi connectivity index (χ1v) is 7.43. The van der Waals surface area contributed by atoms with Gasteiger partial charge in [0.2, 0.25) is 0 Å². The average Bonchev–Trinajstić information content (AvgIpc) is 2.48. The van der Waals surface area contributed by atoms with Gasteiger partial charge in [0.05, 0.1) is 0 Å². The summed E-state index contributed by atoms with van der Waals surface area (Å²) in [7, 11) is 0. The Balaban J connectivity index is 1.59. The van der Waals surface area contributed by atoms with Crippen LogP contribution < -0.4 is 11.1 Å². The second kappa shape index (κ2) is 6.10. The second-order valence-corrected chi connectivity index (χ2v) is 5.55. The molecule has 0 fully saturated rings. The molecule has 3 nitrogen and oxygen atoms in total. The summed E-state index contributed by atoms with van der Waals surface area (Å²) in [6.45, 7) is 1.31. The highest BCUT2D eigenvalue weighted by Gasteiger charge is 2.25. The molecular formula is C18H20N2O. The van der Waals surface area contributed by atoms with Gasteiger partial charge in [-0.1, -0.05) is 36.4 Å². The molecule has 1 aliphatic carbocycles. The van der Waals surface area contributed by atoms with Crippen LogP contribution in [-0.4, -0.2) is 19.0 Å². The minimum atomic E-state index is -0.00162. The molecule has 0 aliphatic heterocycles. The largest absolute Gasteiger partial charge is 0.351 e. The Hall–Kier alpha value is -2.13. The summed E-state index contributed by atoms with van der Waals surface area (Å²) in [5, 5.41) is 3.04.